The largest absolute Gasteiger partial charge is 0.282 e. The number of hydrogen-bond acceptors (Lipinski definition) is 3. The van der Waals surface area contributed by atoms with Crippen LogP contribution in [0.25, 0.3) is 0 Å². The molecule has 1 N–H and O–H groups in total. The number of sulfonamides is 1. The lowest BCUT2D eigenvalue weighted by molar-refractivity contribution is 0.358. The van der Waals surface area contributed by atoms with Crippen molar-refractivity contribution in [1.29, 1.82) is 0 Å². The fourth-order valence-electron chi connectivity index (χ4n) is 3.89. The average Bonchev–Trinajstić information content (AvgIpc) is 3.17. The summed E-state index contributed by atoms with van der Waals surface area (Å²) in [5.74, 6) is 0. The molecule has 1 atom stereocenters. The maximum Gasteiger partial charge on any atom is 0.243 e. The molecule has 0 radical (unpaired) electrons. The van der Waals surface area contributed by atoms with E-state index in [0.717, 1.165) is 31.4 Å². The first-order valence-electron chi connectivity index (χ1n) is 7.70. The second kappa shape index (κ2) is 4.93. The second-order valence-corrected chi connectivity index (χ2v) is 8.24. The molecular formula is C16H19N3O2S. The van der Waals surface area contributed by atoms with Gasteiger partial charge < -0.3 is 0 Å². The topological polar surface area (TPSA) is 66.1 Å². The first kappa shape index (κ1) is 14.0. The Kier molecular flexibility index (Phi) is 3.13. The van der Waals surface area contributed by atoms with E-state index >= 15 is 0 Å². The van der Waals surface area contributed by atoms with Crippen molar-refractivity contribution in [2.24, 2.45) is 0 Å². The van der Waals surface area contributed by atoms with E-state index in [1.807, 2.05) is 12.3 Å². The van der Waals surface area contributed by atoms with Gasteiger partial charge in [-0.25, -0.2) is 8.42 Å². The van der Waals surface area contributed by atoms with Gasteiger partial charge in [0.05, 0.1) is 11.1 Å². The van der Waals surface area contributed by atoms with Gasteiger partial charge in [-0.15, -0.1) is 0 Å². The van der Waals surface area contributed by atoms with Crippen LogP contribution in [0.5, 0.6) is 0 Å². The second-order valence-electron chi connectivity index (χ2n) is 6.31. The van der Waals surface area contributed by atoms with Crippen molar-refractivity contribution in [3.05, 3.63) is 47.8 Å². The molecule has 116 valence electrons. The van der Waals surface area contributed by atoms with Crippen LogP contribution in [0.3, 0.4) is 0 Å². The maximum atomic E-state index is 12.8. The summed E-state index contributed by atoms with van der Waals surface area (Å²) >= 11 is 0. The summed E-state index contributed by atoms with van der Waals surface area (Å²) in [7, 11) is -3.40. The number of nitrogens with zero attached hydrogens (tertiary/aromatic N) is 2. The van der Waals surface area contributed by atoms with Crippen molar-refractivity contribution >= 4 is 10.0 Å². The third-order valence-corrected chi connectivity index (χ3v) is 6.91. The van der Waals surface area contributed by atoms with E-state index in [9.17, 15) is 8.42 Å². The Balaban J connectivity index is 1.67. The van der Waals surface area contributed by atoms with Gasteiger partial charge in [0.25, 0.3) is 0 Å². The highest BCUT2D eigenvalue weighted by Crippen LogP contribution is 2.44. The molecule has 0 amide bonds. The lowest BCUT2D eigenvalue weighted by atomic mass is 9.73. The van der Waals surface area contributed by atoms with E-state index in [2.05, 4.69) is 10.2 Å². The molecule has 4 rings (SSSR count). The van der Waals surface area contributed by atoms with Crippen LogP contribution in [-0.4, -0.2) is 36.0 Å². The quantitative estimate of drug-likeness (QED) is 0.922. The van der Waals surface area contributed by atoms with Gasteiger partial charge in [0.15, 0.2) is 0 Å². The van der Waals surface area contributed by atoms with Gasteiger partial charge in [0.1, 0.15) is 0 Å². The van der Waals surface area contributed by atoms with Crippen molar-refractivity contribution in [2.75, 3.05) is 13.1 Å². The van der Waals surface area contributed by atoms with Crippen LogP contribution >= 0.6 is 0 Å². The number of H-pyrrole nitrogens is 1. The summed E-state index contributed by atoms with van der Waals surface area (Å²) in [6.45, 7) is 1.13. The summed E-state index contributed by atoms with van der Waals surface area (Å²) in [6, 6.07) is 8.72. The predicted molar refractivity (Wildman–Crippen MR) is 83.0 cm³/mol. The molecule has 0 saturated carbocycles. The number of hydrogen-bond donors (Lipinski definition) is 1. The van der Waals surface area contributed by atoms with Gasteiger partial charge in [-0.3, -0.25) is 5.10 Å². The third kappa shape index (κ3) is 2.01. The van der Waals surface area contributed by atoms with E-state index in [4.69, 9.17) is 0 Å². The van der Waals surface area contributed by atoms with Crippen LogP contribution in [0.2, 0.25) is 0 Å². The Morgan fingerprint density at radius 1 is 1.18 bits per heavy atom. The maximum absolute atomic E-state index is 12.8. The molecule has 1 fully saturated rings. The van der Waals surface area contributed by atoms with Crippen LogP contribution in [0.4, 0.5) is 0 Å². The summed E-state index contributed by atoms with van der Waals surface area (Å²) < 4.78 is 27.3. The molecule has 5 nitrogen and oxygen atoms in total. The minimum Gasteiger partial charge on any atom is -0.282 e. The van der Waals surface area contributed by atoms with Crippen molar-refractivity contribution in [1.82, 2.24) is 14.5 Å². The zero-order valence-corrected chi connectivity index (χ0v) is 13.1. The van der Waals surface area contributed by atoms with E-state index in [1.165, 1.54) is 5.56 Å². The van der Waals surface area contributed by atoms with E-state index in [0.29, 0.717) is 18.0 Å². The number of aryl methyl sites for hydroxylation is 1. The van der Waals surface area contributed by atoms with Crippen molar-refractivity contribution in [3.63, 3.8) is 0 Å². The van der Waals surface area contributed by atoms with Gasteiger partial charge >= 0.3 is 0 Å². The number of rotatable bonds is 2. The molecule has 1 aliphatic carbocycles. The average molecular weight is 317 g/mol. The smallest absolute Gasteiger partial charge is 0.243 e. The molecule has 2 heterocycles. The van der Waals surface area contributed by atoms with Crippen LogP contribution in [0, 0.1) is 0 Å². The molecule has 1 aromatic carbocycles. The van der Waals surface area contributed by atoms with Crippen molar-refractivity contribution < 1.29 is 8.42 Å². The van der Waals surface area contributed by atoms with Gasteiger partial charge in [0.2, 0.25) is 10.0 Å². The van der Waals surface area contributed by atoms with Gasteiger partial charge in [-0.1, -0.05) is 18.2 Å². The van der Waals surface area contributed by atoms with Crippen molar-refractivity contribution in [3.8, 4) is 0 Å². The molecule has 1 spiro atoms. The monoisotopic (exact) mass is 317 g/mol. The van der Waals surface area contributed by atoms with Gasteiger partial charge in [0, 0.05) is 24.2 Å². The number of aromatic nitrogens is 2. The normalized spacial score (nSPS) is 25.5. The molecule has 0 unspecified atom stereocenters. The SMILES string of the molecule is O=S(=O)(c1ccccc1)N1CC[C@]2(CCCc3cn[nH]c32)C1. The zero-order chi connectivity index (χ0) is 15.2. The molecule has 1 saturated heterocycles. The highest BCUT2D eigenvalue weighted by Gasteiger charge is 2.47. The Bertz CT molecular complexity index is 785. The molecule has 6 heteroatoms. The summed E-state index contributed by atoms with van der Waals surface area (Å²) in [6.07, 6.45) is 5.94. The van der Waals surface area contributed by atoms with Gasteiger partial charge in [-0.2, -0.15) is 9.40 Å². The van der Waals surface area contributed by atoms with Crippen LogP contribution in [-0.2, 0) is 21.9 Å². The molecule has 1 aromatic heterocycles. The predicted octanol–water partition coefficient (Wildman–Crippen LogP) is 2.08. The minimum absolute atomic E-state index is 0.0774. The van der Waals surface area contributed by atoms with Gasteiger partial charge in [-0.05, 0) is 43.4 Å². The molecule has 2 aliphatic rings. The molecule has 22 heavy (non-hydrogen) atoms. The first-order valence-corrected chi connectivity index (χ1v) is 9.14. The Morgan fingerprint density at radius 3 is 2.82 bits per heavy atom. The van der Waals surface area contributed by atoms with E-state index < -0.39 is 10.0 Å². The Morgan fingerprint density at radius 2 is 2.00 bits per heavy atom. The Hall–Kier alpha value is -1.66. The summed E-state index contributed by atoms with van der Waals surface area (Å²) in [4.78, 5) is 0.382. The Labute approximate surface area is 130 Å². The molecule has 2 aromatic rings. The van der Waals surface area contributed by atoms with Crippen molar-refractivity contribution in [2.45, 2.75) is 36.0 Å². The standard InChI is InChI=1S/C16H19N3O2S/c20-22(21,14-6-2-1-3-7-14)19-10-9-16(12-19)8-4-5-13-11-17-18-15(13)16/h1-3,6-7,11H,4-5,8-10,12H2,(H,17,18)/t16-/m1/s1. The fourth-order valence-corrected chi connectivity index (χ4v) is 5.44. The van der Waals surface area contributed by atoms with Crippen LogP contribution < -0.4 is 0 Å². The summed E-state index contributed by atoms with van der Waals surface area (Å²) in [5.41, 5.74) is 2.33. The molecule has 1 aliphatic heterocycles. The number of benzene rings is 1. The van der Waals surface area contributed by atoms with E-state index in [1.54, 1.807) is 28.6 Å². The number of fused-ring (bicyclic) bond motifs is 2. The summed E-state index contributed by atoms with van der Waals surface area (Å²) in [5, 5.41) is 7.31. The number of aromatic amines is 1. The molecular weight excluding hydrogens is 298 g/mol. The lowest BCUT2D eigenvalue weighted by Gasteiger charge is -2.32. The van der Waals surface area contributed by atoms with Crippen LogP contribution in [0.1, 0.15) is 30.5 Å². The van der Waals surface area contributed by atoms with Crippen LogP contribution in [0.15, 0.2) is 41.4 Å². The fraction of sp³-hybridized carbons (Fsp3) is 0.438. The zero-order valence-electron chi connectivity index (χ0n) is 12.3. The third-order valence-electron chi connectivity index (χ3n) is 5.05. The van der Waals surface area contributed by atoms with E-state index in [-0.39, 0.29) is 5.41 Å². The first-order chi connectivity index (χ1) is 10.6. The highest BCUT2D eigenvalue weighted by atomic mass is 32.2. The lowest BCUT2D eigenvalue weighted by Crippen LogP contribution is -2.37. The number of nitrogens with one attached hydrogen (secondary N) is 1. The minimum atomic E-state index is -3.40. The highest BCUT2D eigenvalue weighted by molar-refractivity contribution is 7.89. The molecule has 0 bridgehead atoms.